The zero-order chi connectivity index (χ0) is 12.4. The van der Waals surface area contributed by atoms with Crippen LogP contribution in [-0.2, 0) is 4.79 Å². The molecule has 4 nitrogen and oxygen atoms in total. The van der Waals surface area contributed by atoms with Crippen molar-refractivity contribution >= 4 is 11.6 Å². The molecule has 18 heavy (non-hydrogen) atoms. The lowest BCUT2D eigenvalue weighted by atomic mass is 9.97. The van der Waals surface area contributed by atoms with Crippen molar-refractivity contribution in [1.29, 1.82) is 0 Å². The second kappa shape index (κ2) is 4.98. The third kappa shape index (κ3) is 2.34. The van der Waals surface area contributed by atoms with Crippen LogP contribution in [0.5, 0.6) is 0 Å². The number of nitrogens with one attached hydrogen (secondary N) is 2. The minimum absolute atomic E-state index is 0.105. The minimum atomic E-state index is 0.105. The van der Waals surface area contributed by atoms with Gasteiger partial charge in [0.05, 0.1) is 5.69 Å². The predicted molar refractivity (Wildman–Crippen MR) is 71.1 cm³/mol. The lowest BCUT2D eigenvalue weighted by molar-refractivity contribution is -0.119. The zero-order valence-electron chi connectivity index (χ0n) is 10.5. The van der Waals surface area contributed by atoms with E-state index in [1.807, 2.05) is 5.01 Å². The van der Waals surface area contributed by atoms with Crippen molar-refractivity contribution in [2.75, 3.05) is 18.1 Å². The molecule has 1 atom stereocenters. The maximum absolute atomic E-state index is 11.2. The predicted octanol–water partition coefficient (Wildman–Crippen LogP) is 1.74. The Hall–Kier alpha value is -1.55. The van der Waals surface area contributed by atoms with E-state index in [9.17, 15) is 4.79 Å². The first-order valence-corrected chi connectivity index (χ1v) is 6.73. The van der Waals surface area contributed by atoms with E-state index in [0.29, 0.717) is 12.5 Å². The summed E-state index contributed by atoms with van der Waals surface area (Å²) in [7, 11) is 0. The quantitative estimate of drug-likeness (QED) is 0.834. The molecule has 1 amide bonds. The van der Waals surface area contributed by atoms with E-state index in [1.54, 1.807) is 0 Å². The number of benzene rings is 1. The number of hydrogen-bond donors (Lipinski definition) is 2. The summed E-state index contributed by atoms with van der Waals surface area (Å²) in [5.74, 6) is 0.105. The summed E-state index contributed by atoms with van der Waals surface area (Å²) >= 11 is 0. The van der Waals surface area contributed by atoms with Gasteiger partial charge in [-0.15, -0.1) is 0 Å². The molecule has 4 heteroatoms. The van der Waals surface area contributed by atoms with Gasteiger partial charge in [0.25, 0.3) is 0 Å². The first kappa shape index (κ1) is 11.5. The van der Waals surface area contributed by atoms with Gasteiger partial charge in [-0.25, -0.2) is 0 Å². The van der Waals surface area contributed by atoms with Crippen LogP contribution in [0.25, 0.3) is 0 Å². The third-order valence-corrected chi connectivity index (χ3v) is 3.74. The van der Waals surface area contributed by atoms with Crippen molar-refractivity contribution in [1.82, 2.24) is 10.7 Å². The molecule has 0 saturated carbocycles. The van der Waals surface area contributed by atoms with Crippen LogP contribution in [-0.4, -0.2) is 19.0 Å². The summed E-state index contributed by atoms with van der Waals surface area (Å²) in [6.07, 6.45) is 4.40. The summed E-state index contributed by atoms with van der Waals surface area (Å²) in [6, 6.07) is 9.03. The lowest BCUT2D eigenvalue weighted by Gasteiger charge is -2.24. The molecule has 0 aliphatic carbocycles. The van der Waals surface area contributed by atoms with E-state index in [0.717, 1.165) is 18.8 Å². The summed E-state index contributed by atoms with van der Waals surface area (Å²) in [4.78, 5) is 11.2. The smallest absolute Gasteiger partial charge is 0.240 e. The van der Waals surface area contributed by atoms with Crippen molar-refractivity contribution in [2.45, 2.75) is 31.7 Å². The topological polar surface area (TPSA) is 44.4 Å². The number of piperidine rings is 1. The van der Waals surface area contributed by atoms with Gasteiger partial charge in [0.1, 0.15) is 0 Å². The molecular formula is C14H19N3O. The third-order valence-electron chi connectivity index (χ3n) is 3.74. The molecule has 2 aliphatic heterocycles. The van der Waals surface area contributed by atoms with E-state index in [-0.39, 0.29) is 5.91 Å². The Bertz CT molecular complexity index is 423. The Morgan fingerprint density at radius 3 is 2.61 bits per heavy atom. The maximum atomic E-state index is 11.2. The number of anilines is 1. The number of hydrogen-bond acceptors (Lipinski definition) is 3. The molecule has 1 unspecified atom stereocenters. The fraction of sp³-hybridized carbons (Fsp3) is 0.500. The second-order valence-corrected chi connectivity index (χ2v) is 5.03. The second-order valence-electron chi connectivity index (χ2n) is 5.03. The SMILES string of the molecule is O=C1CCN(c2ccc(C3CCCCN3)cc2)N1. The highest BCUT2D eigenvalue weighted by molar-refractivity contribution is 5.81. The molecule has 2 N–H and O–H groups in total. The van der Waals surface area contributed by atoms with Crippen LogP contribution in [0, 0.1) is 0 Å². The number of carbonyl (C=O) groups is 1. The van der Waals surface area contributed by atoms with Crippen LogP contribution in [0.2, 0.25) is 0 Å². The van der Waals surface area contributed by atoms with Crippen molar-refractivity contribution in [3.8, 4) is 0 Å². The van der Waals surface area contributed by atoms with Gasteiger partial charge < -0.3 is 5.32 Å². The van der Waals surface area contributed by atoms with Crippen molar-refractivity contribution in [2.24, 2.45) is 0 Å². The molecule has 2 aliphatic rings. The molecule has 0 spiro atoms. The Labute approximate surface area is 107 Å². The monoisotopic (exact) mass is 245 g/mol. The Morgan fingerprint density at radius 1 is 1.17 bits per heavy atom. The van der Waals surface area contributed by atoms with Crippen LogP contribution < -0.4 is 15.8 Å². The lowest BCUT2D eigenvalue weighted by Crippen LogP contribution is -2.33. The largest absolute Gasteiger partial charge is 0.310 e. The number of carbonyl (C=O) groups excluding carboxylic acids is 1. The normalized spacial score (nSPS) is 24.1. The highest BCUT2D eigenvalue weighted by atomic mass is 16.2. The Kier molecular flexibility index (Phi) is 3.19. The first-order chi connectivity index (χ1) is 8.83. The Morgan fingerprint density at radius 2 is 2.00 bits per heavy atom. The van der Waals surface area contributed by atoms with Gasteiger partial charge in [0, 0.05) is 19.0 Å². The minimum Gasteiger partial charge on any atom is -0.310 e. The van der Waals surface area contributed by atoms with Crippen molar-refractivity contribution < 1.29 is 4.79 Å². The molecular weight excluding hydrogens is 226 g/mol. The van der Waals surface area contributed by atoms with Gasteiger partial charge in [-0.3, -0.25) is 15.2 Å². The molecule has 3 rings (SSSR count). The van der Waals surface area contributed by atoms with Gasteiger partial charge in [-0.05, 0) is 37.1 Å². The summed E-state index contributed by atoms with van der Waals surface area (Å²) in [6.45, 7) is 1.88. The van der Waals surface area contributed by atoms with E-state index >= 15 is 0 Å². The van der Waals surface area contributed by atoms with Crippen LogP contribution in [0.4, 0.5) is 5.69 Å². The van der Waals surface area contributed by atoms with Crippen LogP contribution >= 0.6 is 0 Å². The molecule has 1 aromatic rings. The van der Waals surface area contributed by atoms with Gasteiger partial charge in [0.15, 0.2) is 0 Å². The number of nitrogens with zero attached hydrogens (tertiary/aromatic N) is 1. The summed E-state index contributed by atoms with van der Waals surface area (Å²) in [5, 5.41) is 5.47. The highest BCUT2D eigenvalue weighted by Gasteiger charge is 2.19. The first-order valence-electron chi connectivity index (χ1n) is 6.73. The summed E-state index contributed by atoms with van der Waals surface area (Å²) in [5.41, 5.74) is 5.27. The van der Waals surface area contributed by atoms with Gasteiger partial charge in [-0.1, -0.05) is 18.6 Å². The van der Waals surface area contributed by atoms with E-state index in [4.69, 9.17) is 0 Å². The van der Waals surface area contributed by atoms with Crippen LogP contribution in [0.15, 0.2) is 24.3 Å². The van der Waals surface area contributed by atoms with E-state index in [2.05, 4.69) is 35.0 Å². The molecule has 2 saturated heterocycles. The molecule has 96 valence electrons. The maximum Gasteiger partial charge on any atom is 0.240 e. The van der Waals surface area contributed by atoms with Gasteiger partial charge in [-0.2, -0.15) is 0 Å². The average molecular weight is 245 g/mol. The molecule has 0 radical (unpaired) electrons. The summed E-state index contributed by atoms with van der Waals surface area (Å²) < 4.78 is 0. The van der Waals surface area contributed by atoms with Gasteiger partial charge >= 0.3 is 0 Å². The average Bonchev–Trinajstić information content (AvgIpc) is 2.87. The fourth-order valence-corrected chi connectivity index (χ4v) is 2.69. The Balaban J connectivity index is 1.70. The molecule has 1 aromatic carbocycles. The zero-order valence-corrected chi connectivity index (χ0v) is 10.5. The standard InChI is InChI=1S/C14H19N3O/c18-14-8-10-17(16-14)12-6-4-11(5-7-12)13-3-1-2-9-15-13/h4-7,13,15H,1-3,8-10H2,(H,16,18). The number of amides is 1. The number of rotatable bonds is 2. The van der Waals surface area contributed by atoms with Gasteiger partial charge in [0.2, 0.25) is 5.91 Å². The molecule has 2 heterocycles. The van der Waals surface area contributed by atoms with E-state index < -0.39 is 0 Å². The number of hydrazine groups is 1. The molecule has 0 aromatic heterocycles. The van der Waals surface area contributed by atoms with Crippen LogP contribution in [0.1, 0.15) is 37.3 Å². The van der Waals surface area contributed by atoms with Crippen LogP contribution in [0.3, 0.4) is 0 Å². The van der Waals surface area contributed by atoms with Crippen molar-refractivity contribution in [3.05, 3.63) is 29.8 Å². The highest BCUT2D eigenvalue weighted by Crippen LogP contribution is 2.25. The van der Waals surface area contributed by atoms with E-state index in [1.165, 1.54) is 24.8 Å². The molecule has 0 bridgehead atoms. The fourth-order valence-electron chi connectivity index (χ4n) is 2.69. The molecule has 2 fully saturated rings. The van der Waals surface area contributed by atoms with Crippen molar-refractivity contribution in [3.63, 3.8) is 0 Å².